The zero-order chi connectivity index (χ0) is 17.7. The first kappa shape index (κ1) is 19.2. The fourth-order valence-electron chi connectivity index (χ4n) is 3.04. The monoisotopic (exact) mass is 355 g/mol. The predicted octanol–water partition coefficient (Wildman–Crippen LogP) is 2.06. The maximum atomic E-state index is 11.5. The van der Waals surface area contributed by atoms with Gasteiger partial charge in [0.25, 0.3) is 0 Å². The van der Waals surface area contributed by atoms with Crippen LogP contribution in [0, 0.1) is 17.8 Å². The molecule has 0 spiro atoms. The summed E-state index contributed by atoms with van der Waals surface area (Å²) in [5, 5.41) is 9.61. The molecule has 1 saturated heterocycles. The molecule has 0 saturated carbocycles. The maximum absolute atomic E-state index is 11.5. The molecule has 5 nitrogen and oxygen atoms in total. The number of ether oxygens (including phenoxy) is 1. The average molecular weight is 356 g/mol. The van der Waals surface area contributed by atoms with Gasteiger partial charge >= 0.3 is 0 Å². The van der Waals surface area contributed by atoms with Gasteiger partial charge in [-0.1, -0.05) is 13.8 Å². The Bertz CT molecular complexity index is 612. The number of aliphatic hydroxyl groups excluding tert-OH is 1. The molecule has 2 unspecified atom stereocenters. The normalized spacial score (nSPS) is 22.2. The van der Waals surface area contributed by atoms with Gasteiger partial charge in [0.1, 0.15) is 5.75 Å². The van der Waals surface area contributed by atoms with E-state index in [1.807, 2.05) is 0 Å². The molecular weight excluding hydrogens is 326 g/mol. The van der Waals surface area contributed by atoms with Crippen LogP contribution in [-0.4, -0.2) is 57.5 Å². The van der Waals surface area contributed by atoms with Crippen molar-refractivity contribution in [3.8, 4) is 5.75 Å². The Labute approximate surface area is 145 Å². The fourth-order valence-corrected chi connectivity index (χ4v) is 3.67. The Kier molecular flexibility index (Phi) is 6.66. The highest BCUT2D eigenvalue weighted by molar-refractivity contribution is 7.90. The van der Waals surface area contributed by atoms with Crippen LogP contribution in [0.25, 0.3) is 0 Å². The van der Waals surface area contributed by atoms with E-state index in [4.69, 9.17) is 4.74 Å². The van der Waals surface area contributed by atoms with Crippen LogP contribution in [-0.2, 0) is 9.84 Å². The second-order valence-corrected chi connectivity index (χ2v) is 9.22. The molecule has 1 N–H and O–H groups in total. The van der Waals surface area contributed by atoms with Gasteiger partial charge in [-0.05, 0) is 43.1 Å². The van der Waals surface area contributed by atoms with Crippen LogP contribution < -0.4 is 4.74 Å². The molecule has 0 radical (unpaired) electrons. The molecule has 0 aromatic heterocycles. The minimum atomic E-state index is -3.18. The van der Waals surface area contributed by atoms with E-state index in [1.165, 1.54) is 12.7 Å². The summed E-state index contributed by atoms with van der Waals surface area (Å²) in [6.07, 6.45) is 2.36. The maximum Gasteiger partial charge on any atom is 0.175 e. The molecule has 6 heteroatoms. The van der Waals surface area contributed by atoms with Crippen LogP contribution in [0.5, 0.6) is 5.75 Å². The topological polar surface area (TPSA) is 66.8 Å². The standard InChI is InChI=1S/C18H29NO4S/c1-14(2)8-9-19-10-15(12-20)16(11-19)13-23-17-4-6-18(7-5-17)24(3,21)22/h4-7,14-16,20H,8-13H2,1-3H3. The average Bonchev–Trinajstić information content (AvgIpc) is 2.93. The first-order valence-electron chi connectivity index (χ1n) is 8.55. The minimum Gasteiger partial charge on any atom is -0.493 e. The molecule has 1 aromatic carbocycles. The van der Waals surface area contributed by atoms with Crippen LogP contribution >= 0.6 is 0 Å². The Morgan fingerprint density at radius 2 is 1.83 bits per heavy atom. The van der Waals surface area contributed by atoms with Gasteiger partial charge in [-0.25, -0.2) is 8.42 Å². The lowest BCUT2D eigenvalue weighted by Crippen LogP contribution is -2.24. The third-order valence-corrected chi connectivity index (χ3v) is 5.75. The lowest BCUT2D eigenvalue weighted by atomic mass is 9.98. The Morgan fingerprint density at radius 1 is 1.21 bits per heavy atom. The van der Waals surface area contributed by atoms with Gasteiger partial charge in [-0.3, -0.25) is 0 Å². The van der Waals surface area contributed by atoms with Crippen molar-refractivity contribution in [3.05, 3.63) is 24.3 Å². The Balaban J connectivity index is 1.88. The van der Waals surface area contributed by atoms with Crippen molar-refractivity contribution < 1.29 is 18.3 Å². The van der Waals surface area contributed by atoms with Gasteiger partial charge in [-0.15, -0.1) is 0 Å². The summed E-state index contributed by atoms with van der Waals surface area (Å²) in [4.78, 5) is 2.70. The summed E-state index contributed by atoms with van der Waals surface area (Å²) >= 11 is 0. The molecule has 0 aliphatic carbocycles. The number of hydrogen-bond donors (Lipinski definition) is 1. The highest BCUT2D eigenvalue weighted by Gasteiger charge is 2.32. The number of benzene rings is 1. The highest BCUT2D eigenvalue weighted by atomic mass is 32.2. The third kappa shape index (κ3) is 5.46. The SMILES string of the molecule is CC(C)CCN1CC(CO)C(COc2ccc(S(C)(=O)=O)cc2)C1. The van der Waals surface area contributed by atoms with Gasteiger partial charge in [0, 0.05) is 37.8 Å². The Hall–Kier alpha value is -1.11. The second-order valence-electron chi connectivity index (χ2n) is 7.20. The molecule has 0 bridgehead atoms. The smallest absolute Gasteiger partial charge is 0.175 e. The van der Waals surface area contributed by atoms with Crippen LogP contribution in [0.15, 0.2) is 29.2 Å². The van der Waals surface area contributed by atoms with E-state index in [0.29, 0.717) is 29.1 Å². The zero-order valence-electron chi connectivity index (χ0n) is 14.8. The van der Waals surface area contributed by atoms with Crippen molar-refractivity contribution in [1.29, 1.82) is 0 Å². The third-order valence-electron chi connectivity index (χ3n) is 4.63. The van der Waals surface area contributed by atoms with E-state index in [2.05, 4.69) is 18.7 Å². The van der Waals surface area contributed by atoms with E-state index in [-0.39, 0.29) is 12.5 Å². The summed E-state index contributed by atoms with van der Waals surface area (Å²) in [5.74, 6) is 1.89. The molecule has 136 valence electrons. The second kappa shape index (κ2) is 8.32. The molecule has 2 rings (SSSR count). The van der Waals surface area contributed by atoms with Gasteiger partial charge in [0.15, 0.2) is 9.84 Å². The van der Waals surface area contributed by atoms with E-state index < -0.39 is 9.84 Å². The number of likely N-dealkylation sites (tertiary alicyclic amines) is 1. The lowest BCUT2D eigenvalue weighted by molar-refractivity contribution is 0.162. The molecule has 1 aromatic rings. The van der Waals surface area contributed by atoms with Crippen molar-refractivity contribution in [2.75, 3.05) is 39.1 Å². The summed E-state index contributed by atoms with van der Waals surface area (Å²) < 4.78 is 28.8. The minimum absolute atomic E-state index is 0.180. The first-order chi connectivity index (χ1) is 11.3. The van der Waals surface area contributed by atoms with E-state index >= 15 is 0 Å². The van der Waals surface area contributed by atoms with E-state index in [9.17, 15) is 13.5 Å². The summed E-state index contributed by atoms with van der Waals surface area (Å²) in [7, 11) is -3.18. The van der Waals surface area contributed by atoms with Crippen molar-refractivity contribution in [1.82, 2.24) is 4.90 Å². The summed E-state index contributed by atoms with van der Waals surface area (Å²) in [5.41, 5.74) is 0. The fraction of sp³-hybridized carbons (Fsp3) is 0.667. The van der Waals surface area contributed by atoms with Crippen LogP contribution in [0.1, 0.15) is 20.3 Å². The van der Waals surface area contributed by atoms with Gasteiger partial charge in [-0.2, -0.15) is 0 Å². The largest absolute Gasteiger partial charge is 0.493 e. The van der Waals surface area contributed by atoms with Crippen molar-refractivity contribution in [3.63, 3.8) is 0 Å². The first-order valence-corrected chi connectivity index (χ1v) is 10.4. The number of sulfone groups is 1. The molecule has 24 heavy (non-hydrogen) atoms. The predicted molar refractivity (Wildman–Crippen MR) is 95.0 cm³/mol. The molecule has 0 amide bonds. The van der Waals surface area contributed by atoms with Crippen LogP contribution in [0.4, 0.5) is 0 Å². The summed E-state index contributed by atoms with van der Waals surface area (Å²) in [6.45, 7) is 8.10. The van der Waals surface area contributed by atoms with Gasteiger partial charge in [0.05, 0.1) is 11.5 Å². The van der Waals surface area contributed by atoms with Crippen molar-refractivity contribution >= 4 is 9.84 Å². The Morgan fingerprint density at radius 3 is 2.38 bits per heavy atom. The highest BCUT2D eigenvalue weighted by Crippen LogP contribution is 2.25. The quantitative estimate of drug-likeness (QED) is 0.773. The van der Waals surface area contributed by atoms with Crippen LogP contribution in [0.2, 0.25) is 0 Å². The van der Waals surface area contributed by atoms with Gasteiger partial charge in [0.2, 0.25) is 0 Å². The van der Waals surface area contributed by atoms with E-state index in [0.717, 1.165) is 19.6 Å². The lowest BCUT2D eigenvalue weighted by Gasteiger charge is -2.17. The van der Waals surface area contributed by atoms with Gasteiger partial charge < -0.3 is 14.7 Å². The number of aliphatic hydroxyl groups is 1. The molecule has 2 atom stereocenters. The molecule has 1 heterocycles. The summed E-state index contributed by atoms with van der Waals surface area (Å²) in [6, 6.07) is 6.52. The number of nitrogens with zero attached hydrogens (tertiary/aromatic N) is 1. The molecule has 1 aliphatic rings. The molecule has 1 fully saturated rings. The molecular formula is C18H29NO4S. The van der Waals surface area contributed by atoms with Crippen molar-refractivity contribution in [2.45, 2.75) is 25.2 Å². The number of rotatable bonds is 8. The van der Waals surface area contributed by atoms with E-state index in [1.54, 1.807) is 24.3 Å². The number of hydrogen-bond acceptors (Lipinski definition) is 5. The van der Waals surface area contributed by atoms with Crippen molar-refractivity contribution in [2.24, 2.45) is 17.8 Å². The molecule has 1 aliphatic heterocycles. The van der Waals surface area contributed by atoms with Crippen LogP contribution in [0.3, 0.4) is 0 Å². The zero-order valence-corrected chi connectivity index (χ0v) is 15.6.